The number of nitrogens with zero attached hydrogens (tertiary/aromatic N) is 2. The van der Waals surface area contributed by atoms with Gasteiger partial charge < -0.3 is 9.73 Å². The molecule has 0 radical (unpaired) electrons. The fraction of sp³-hybridized carbons (Fsp3) is 0.238. The van der Waals surface area contributed by atoms with Crippen molar-refractivity contribution in [3.8, 4) is 11.5 Å². The van der Waals surface area contributed by atoms with Crippen LogP contribution in [0.1, 0.15) is 29.8 Å². The molecule has 1 atom stereocenters. The van der Waals surface area contributed by atoms with Crippen molar-refractivity contribution in [2.75, 3.05) is 5.32 Å². The molecule has 2 N–H and O–H groups in total. The highest BCUT2D eigenvalue weighted by Crippen LogP contribution is 2.19. The largest absolute Gasteiger partial charge is 0.403 e. The van der Waals surface area contributed by atoms with Crippen molar-refractivity contribution in [1.29, 1.82) is 0 Å². The van der Waals surface area contributed by atoms with Crippen LogP contribution >= 0.6 is 0 Å². The van der Waals surface area contributed by atoms with Crippen LogP contribution in [0.15, 0.2) is 59.0 Å². The number of benzene rings is 2. The fourth-order valence-corrected chi connectivity index (χ4v) is 2.62. The summed E-state index contributed by atoms with van der Waals surface area (Å²) in [5, 5.41) is 13.2. The van der Waals surface area contributed by atoms with Gasteiger partial charge in [0, 0.05) is 11.1 Å². The molecule has 2 amide bonds. The molecule has 0 spiro atoms. The van der Waals surface area contributed by atoms with Crippen molar-refractivity contribution in [3.05, 3.63) is 65.7 Å². The summed E-state index contributed by atoms with van der Waals surface area (Å²) in [7, 11) is 0. The molecule has 2 aromatic carbocycles. The lowest BCUT2D eigenvalue weighted by molar-refractivity contribution is -0.119. The van der Waals surface area contributed by atoms with Gasteiger partial charge in [-0.1, -0.05) is 54.8 Å². The molecule has 144 valence electrons. The minimum Gasteiger partial charge on any atom is -0.403 e. The van der Waals surface area contributed by atoms with E-state index in [0.29, 0.717) is 11.5 Å². The Morgan fingerprint density at radius 3 is 2.29 bits per heavy atom. The average molecular weight is 378 g/mol. The molecule has 0 saturated carbocycles. The Labute approximate surface area is 163 Å². The number of nitrogens with one attached hydrogen (secondary N) is 2. The van der Waals surface area contributed by atoms with Crippen molar-refractivity contribution < 1.29 is 14.0 Å². The lowest BCUT2D eigenvalue weighted by Crippen LogP contribution is -2.47. The van der Waals surface area contributed by atoms with E-state index in [9.17, 15) is 9.59 Å². The van der Waals surface area contributed by atoms with E-state index in [1.165, 1.54) is 0 Å². The molecule has 0 aliphatic rings. The molecule has 0 aliphatic carbocycles. The van der Waals surface area contributed by atoms with Crippen molar-refractivity contribution in [3.63, 3.8) is 0 Å². The summed E-state index contributed by atoms with van der Waals surface area (Å²) < 4.78 is 5.51. The van der Waals surface area contributed by atoms with Crippen LogP contribution in [-0.4, -0.2) is 28.1 Å². The molecule has 3 rings (SSSR count). The maximum atomic E-state index is 12.7. The molecule has 0 fully saturated rings. The smallest absolute Gasteiger partial charge is 0.322 e. The minimum absolute atomic E-state index is 0.0147. The Morgan fingerprint density at radius 2 is 1.64 bits per heavy atom. The van der Waals surface area contributed by atoms with E-state index in [0.717, 1.165) is 11.1 Å². The lowest BCUT2D eigenvalue weighted by atomic mass is 10.0. The van der Waals surface area contributed by atoms with Crippen LogP contribution in [-0.2, 0) is 4.79 Å². The number of carbonyl (C=O) groups excluding carboxylic acids is 2. The van der Waals surface area contributed by atoms with Gasteiger partial charge in [-0.05, 0) is 37.1 Å². The number of hydrogen-bond donors (Lipinski definition) is 2. The monoisotopic (exact) mass is 378 g/mol. The number of hydrogen-bond acceptors (Lipinski definition) is 5. The molecule has 28 heavy (non-hydrogen) atoms. The SMILES string of the molecule is Cc1ccc(C(=O)N[C@@H](C(=O)Nc2nnc(-c3ccccc3)o2)C(C)C)cc1. The van der Waals surface area contributed by atoms with Gasteiger partial charge in [0.1, 0.15) is 6.04 Å². The Kier molecular flexibility index (Phi) is 5.84. The zero-order valence-electron chi connectivity index (χ0n) is 16.0. The molecular formula is C21H22N4O3. The Hall–Kier alpha value is -3.48. The number of aryl methyl sites for hydroxylation is 1. The predicted molar refractivity (Wildman–Crippen MR) is 106 cm³/mol. The highest BCUT2D eigenvalue weighted by atomic mass is 16.4. The third-order valence-electron chi connectivity index (χ3n) is 4.23. The standard InChI is InChI=1S/C21H22N4O3/c1-13(2)17(22-18(26)15-11-9-14(3)10-12-15)19(27)23-21-25-24-20(28-21)16-7-5-4-6-8-16/h4-13,17H,1-3H3,(H,22,26)(H,23,25,27)/t17-/m1/s1. The van der Waals surface area contributed by atoms with Crippen LogP contribution < -0.4 is 10.6 Å². The second kappa shape index (κ2) is 8.47. The minimum atomic E-state index is -0.749. The molecule has 0 saturated heterocycles. The Balaban J connectivity index is 1.69. The Bertz CT molecular complexity index is 949. The lowest BCUT2D eigenvalue weighted by Gasteiger charge is -2.20. The van der Waals surface area contributed by atoms with E-state index < -0.39 is 11.9 Å². The summed E-state index contributed by atoms with van der Waals surface area (Å²) in [6, 6.07) is 15.6. The molecule has 3 aromatic rings. The zero-order chi connectivity index (χ0) is 20.1. The van der Waals surface area contributed by atoms with Crippen molar-refractivity contribution in [2.45, 2.75) is 26.8 Å². The normalized spacial score (nSPS) is 11.9. The van der Waals surface area contributed by atoms with E-state index in [-0.39, 0.29) is 17.8 Å². The van der Waals surface area contributed by atoms with Crippen molar-refractivity contribution in [2.24, 2.45) is 5.92 Å². The molecule has 1 heterocycles. The molecule has 7 nitrogen and oxygen atoms in total. The molecule has 0 unspecified atom stereocenters. The fourth-order valence-electron chi connectivity index (χ4n) is 2.62. The van der Waals surface area contributed by atoms with Gasteiger partial charge in [0.2, 0.25) is 5.89 Å². The Morgan fingerprint density at radius 1 is 0.964 bits per heavy atom. The quantitative estimate of drug-likeness (QED) is 0.685. The van der Waals surface area contributed by atoms with E-state index in [2.05, 4.69) is 20.8 Å². The highest BCUT2D eigenvalue weighted by molar-refractivity contribution is 6.00. The first-order valence-corrected chi connectivity index (χ1v) is 9.01. The summed E-state index contributed by atoms with van der Waals surface area (Å²) >= 11 is 0. The number of amides is 2. The van der Waals surface area contributed by atoms with Gasteiger partial charge in [-0.3, -0.25) is 14.9 Å². The van der Waals surface area contributed by atoms with Crippen LogP contribution in [0.2, 0.25) is 0 Å². The van der Waals surface area contributed by atoms with E-state index in [1.807, 2.05) is 63.2 Å². The average Bonchev–Trinajstić information content (AvgIpc) is 3.15. The zero-order valence-corrected chi connectivity index (χ0v) is 16.0. The van der Waals surface area contributed by atoms with Gasteiger partial charge in [-0.2, -0.15) is 0 Å². The van der Waals surface area contributed by atoms with Gasteiger partial charge in [0.05, 0.1) is 0 Å². The van der Waals surface area contributed by atoms with Crippen LogP contribution in [0, 0.1) is 12.8 Å². The molecule has 7 heteroatoms. The topological polar surface area (TPSA) is 97.1 Å². The molecule has 1 aromatic heterocycles. The first-order valence-electron chi connectivity index (χ1n) is 9.01. The number of carbonyl (C=O) groups is 2. The first-order chi connectivity index (χ1) is 13.4. The maximum Gasteiger partial charge on any atom is 0.322 e. The van der Waals surface area contributed by atoms with Gasteiger partial charge in [-0.15, -0.1) is 5.10 Å². The van der Waals surface area contributed by atoms with Crippen LogP contribution in [0.4, 0.5) is 6.01 Å². The van der Waals surface area contributed by atoms with Gasteiger partial charge in [0.15, 0.2) is 0 Å². The summed E-state index contributed by atoms with van der Waals surface area (Å²) in [5.74, 6) is -0.560. The van der Waals surface area contributed by atoms with E-state index in [4.69, 9.17) is 4.42 Å². The third kappa shape index (κ3) is 4.62. The van der Waals surface area contributed by atoms with Gasteiger partial charge in [0.25, 0.3) is 11.8 Å². The van der Waals surface area contributed by atoms with Crippen LogP contribution in [0.25, 0.3) is 11.5 Å². The van der Waals surface area contributed by atoms with Crippen LogP contribution in [0.3, 0.4) is 0 Å². The molecule has 0 bridgehead atoms. The third-order valence-corrected chi connectivity index (χ3v) is 4.23. The predicted octanol–water partition coefficient (Wildman–Crippen LogP) is 3.44. The maximum absolute atomic E-state index is 12.7. The van der Waals surface area contributed by atoms with Gasteiger partial charge >= 0.3 is 6.01 Å². The second-order valence-corrected chi connectivity index (χ2v) is 6.83. The summed E-state index contributed by atoms with van der Waals surface area (Å²) in [4.78, 5) is 25.1. The van der Waals surface area contributed by atoms with Crippen LogP contribution in [0.5, 0.6) is 0 Å². The number of aromatic nitrogens is 2. The number of rotatable bonds is 6. The highest BCUT2D eigenvalue weighted by Gasteiger charge is 2.26. The second-order valence-electron chi connectivity index (χ2n) is 6.83. The van der Waals surface area contributed by atoms with E-state index >= 15 is 0 Å². The molecule has 0 aliphatic heterocycles. The first kappa shape index (κ1) is 19.3. The summed E-state index contributed by atoms with van der Waals surface area (Å²) in [5.41, 5.74) is 2.30. The summed E-state index contributed by atoms with van der Waals surface area (Å²) in [6.45, 7) is 5.64. The van der Waals surface area contributed by atoms with E-state index in [1.54, 1.807) is 12.1 Å². The van der Waals surface area contributed by atoms with Gasteiger partial charge in [-0.25, -0.2) is 0 Å². The van der Waals surface area contributed by atoms with Crippen molar-refractivity contribution in [1.82, 2.24) is 15.5 Å². The summed E-state index contributed by atoms with van der Waals surface area (Å²) in [6.07, 6.45) is 0. The number of anilines is 1. The van der Waals surface area contributed by atoms with Crippen molar-refractivity contribution >= 4 is 17.8 Å². The molecular weight excluding hydrogens is 356 g/mol.